The van der Waals surface area contributed by atoms with Crippen molar-refractivity contribution < 1.29 is 27.8 Å². The van der Waals surface area contributed by atoms with Crippen molar-refractivity contribution in [1.29, 1.82) is 0 Å². The van der Waals surface area contributed by atoms with Crippen molar-refractivity contribution in [3.63, 3.8) is 0 Å². The molecule has 2 fully saturated rings. The van der Waals surface area contributed by atoms with Gasteiger partial charge in [-0.2, -0.15) is 4.31 Å². The van der Waals surface area contributed by atoms with Gasteiger partial charge in [0.15, 0.2) is 0 Å². The number of hydrogen-bond donors (Lipinski definition) is 1. The van der Waals surface area contributed by atoms with Crippen molar-refractivity contribution in [2.45, 2.75) is 43.6 Å². The molecule has 1 aromatic rings. The molecule has 1 spiro atoms. The first-order valence-corrected chi connectivity index (χ1v) is 9.86. The summed E-state index contributed by atoms with van der Waals surface area (Å²) in [4.78, 5) is 26.1. The molecule has 2 saturated heterocycles. The highest BCUT2D eigenvalue weighted by Gasteiger charge is 2.71. The molecule has 3 rings (SSSR count). The first-order valence-electron chi connectivity index (χ1n) is 8.42. The van der Waals surface area contributed by atoms with E-state index in [-0.39, 0.29) is 24.5 Å². The van der Waals surface area contributed by atoms with Crippen molar-refractivity contribution in [3.8, 4) is 0 Å². The number of nitrogens with zero attached hydrogens (tertiary/aromatic N) is 2. The summed E-state index contributed by atoms with van der Waals surface area (Å²) in [7, 11) is -5.09. The maximum atomic E-state index is 12.9. The molecule has 2 aliphatic rings. The number of esters is 1. The lowest BCUT2D eigenvalue weighted by atomic mass is 9.84. The minimum Gasteiger partial charge on any atom is -0.464 e. The molecule has 0 aliphatic carbocycles. The third-order valence-electron chi connectivity index (χ3n) is 4.85. The number of hydrogen-bond acceptors (Lipinski definition) is 6. The number of benzene rings is 1. The minimum atomic E-state index is -3.87. The highest BCUT2D eigenvalue weighted by molar-refractivity contribution is 7.89. The Labute approximate surface area is 152 Å². The molecule has 0 saturated carbocycles. The van der Waals surface area contributed by atoms with E-state index in [2.05, 4.69) is 0 Å². The van der Waals surface area contributed by atoms with Gasteiger partial charge in [0.05, 0.1) is 11.5 Å². The summed E-state index contributed by atoms with van der Waals surface area (Å²) in [5.74, 6) is -1.21. The summed E-state index contributed by atoms with van der Waals surface area (Å²) in [6.07, 6.45) is -0.0271. The quantitative estimate of drug-likeness (QED) is 0.439. The molecule has 2 aliphatic heterocycles. The van der Waals surface area contributed by atoms with Crippen molar-refractivity contribution in [2.75, 3.05) is 13.2 Å². The topological polar surface area (TPSA) is 104 Å². The fourth-order valence-corrected chi connectivity index (χ4v) is 5.18. The zero-order valence-corrected chi connectivity index (χ0v) is 15.7. The zero-order chi connectivity index (χ0) is 19.3. The average Bonchev–Trinajstić information content (AvgIpc) is 3.23. The van der Waals surface area contributed by atoms with Gasteiger partial charge < -0.3 is 14.6 Å². The van der Waals surface area contributed by atoms with Crippen LogP contribution in [0.5, 0.6) is 0 Å². The molecule has 2 heterocycles. The molecule has 0 aromatic heterocycles. The van der Waals surface area contributed by atoms with Crippen LogP contribution in [0, 0.1) is 6.92 Å². The van der Waals surface area contributed by atoms with Gasteiger partial charge in [-0.3, -0.25) is 4.79 Å². The Hall–Kier alpha value is -1.91. The van der Waals surface area contributed by atoms with Crippen LogP contribution in [-0.4, -0.2) is 66.2 Å². The highest BCUT2D eigenvalue weighted by Crippen LogP contribution is 2.48. The van der Waals surface area contributed by atoms with Gasteiger partial charge in [0, 0.05) is 13.0 Å². The van der Waals surface area contributed by atoms with Crippen molar-refractivity contribution in [2.24, 2.45) is 0 Å². The summed E-state index contributed by atoms with van der Waals surface area (Å²) in [6.45, 7) is 4.98. The van der Waals surface area contributed by atoms with Gasteiger partial charge in [0.25, 0.3) is 0 Å². The second-order valence-electron chi connectivity index (χ2n) is 6.67. The second kappa shape index (κ2) is 6.36. The van der Waals surface area contributed by atoms with E-state index in [1.807, 2.05) is 6.92 Å². The first-order chi connectivity index (χ1) is 12.1. The van der Waals surface area contributed by atoms with Gasteiger partial charge in [0.2, 0.25) is 15.9 Å². The number of rotatable bonds is 5. The molecule has 140 valence electrons. The Morgan fingerprint density at radius 1 is 1.38 bits per heavy atom. The summed E-state index contributed by atoms with van der Waals surface area (Å²) in [6, 6.07) is 5.35. The normalized spacial score (nSPS) is 27.7. The summed E-state index contributed by atoms with van der Waals surface area (Å²) < 4.78 is 31.8. The smallest absolute Gasteiger partial charge is 0.412 e. The monoisotopic (exact) mass is 380 g/mol. The maximum Gasteiger partial charge on any atom is 0.412 e. The van der Waals surface area contributed by atoms with Gasteiger partial charge in [0.1, 0.15) is 11.6 Å². The van der Waals surface area contributed by atoms with E-state index in [4.69, 9.17) is 4.74 Å². The number of ether oxygens (including phenoxy) is 1. The van der Waals surface area contributed by atoms with Gasteiger partial charge in [-0.1, -0.05) is 17.7 Å². The average molecular weight is 380 g/mol. The van der Waals surface area contributed by atoms with Gasteiger partial charge in [-0.15, -0.1) is 0 Å². The first kappa shape index (κ1) is 18.9. The number of amides is 1. The van der Waals surface area contributed by atoms with E-state index in [0.717, 1.165) is 14.7 Å². The molecule has 26 heavy (non-hydrogen) atoms. The number of aryl methyl sites for hydroxylation is 1. The third kappa shape index (κ3) is 2.82. The maximum absolute atomic E-state index is 12.9. The fraction of sp³-hybridized carbons (Fsp3) is 0.500. The van der Waals surface area contributed by atoms with Gasteiger partial charge in [-0.05, 0) is 32.8 Å². The molecule has 1 amide bonds. The minimum absolute atomic E-state index is 0.0127. The van der Waals surface area contributed by atoms with E-state index in [1.54, 1.807) is 19.1 Å². The van der Waals surface area contributed by atoms with Crippen LogP contribution in [0.4, 0.5) is 0 Å². The zero-order valence-electron chi connectivity index (χ0n) is 14.9. The fourth-order valence-electron chi connectivity index (χ4n) is 3.45. The van der Waals surface area contributed by atoms with Crippen molar-refractivity contribution in [1.82, 2.24) is 9.12 Å². The molecule has 1 aromatic carbocycles. The molecule has 0 bridgehead atoms. The Kier molecular flexibility index (Phi) is 4.62. The van der Waals surface area contributed by atoms with Crippen LogP contribution in [0.3, 0.4) is 0 Å². The predicted octanol–water partition coefficient (Wildman–Crippen LogP) is 0.0124. The molecule has 0 radical (unpaired) electrons. The van der Waals surface area contributed by atoms with Crippen LogP contribution < -0.4 is 0 Å². The van der Waals surface area contributed by atoms with Crippen LogP contribution in [0.15, 0.2) is 29.2 Å². The van der Waals surface area contributed by atoms with E-state index >= 15 is 0 Å². The van der Waals surface area contributed by atoms with E-state index in [9.17, 15) is 23.0 Å². The molecule has 3 atom stereocenters. The Morgan fingerprint density at radius 2 is 2.00 bits per heavy atom. The summed E-state index contributed by atoms with van der Waals surface area (Å²) in [5.41, 5.74) is -0.401. The van der Waals surface area contributed by atoms with Crippen LogP contribution in [0.2, 0.25) is 6.82 Å². The molecule has 8 nitrogen and oxygen atoms in total. The van der Waals surface area contributed by atoms with Crippen LogP contribution in [0.1, 0.15) is 18.9 Å². The standard InChI is InChI=1S/C16H21BN2O6S/c1-4-25-14(20)13-9-16(15(21)19(13)17(3)22)10-18(16)26(23,24)12-7-5-11(2)6-8-12/h5-8,13,22H,4,9-10H2,1-3H3/t13-,16-,18?/m1/s1. The predicted molar refractivity (Wildman–Crippen MR) is 93.5 cm³/mol. The lowest BCUT2D eigenvalue weighted by molar-refractivity contribution is -0.149. The van der Waals surface area contributed by atoms with Crippen molar-refractivity contribution >= 4 is 29.0 Å². The number of carbonyl (C=O) groups excluding carboxylic acids is 2. The van der Waals surface area contributed by atoms with E-state index < -0.39 is 40.5 Å². The Bertz CT molecular complexity index is 841. The van der Waals surface area contributed by atoms with Gasteiger partial charge >= 0.3 is 13.0 Å². The molecule has 1 unspecified atom stereocenters. The van der Waals surface area contributed by atoms with E-state index in [0.29, 0.717) is 0 Å². The van der Waals surface area contributed by atoms with E-state index in [1.165, 1.54) is 19.0 Å². The van der Waals surface area contributed by atoms with Crippen LogP contribution in [-0.2, 0) is 24.3 Å². The SMILES string of the molecule is CCOC(=O)[C@H]1C[C@@]2(CN2S(=O)(=O)c2ccc(C)cc2)C(=O)N1B(C)O. The number of sulfonamides is 1. The molecule has 1 N–H and O–H groups in total. The Morgan fingerprint density at radius 3 is 2.54 bits per heavy atom. The lowest BCUT2D eigenvalue weighted by Crippen LogP contribution is -2.49. The molecular formula is C16H21BN2O6S. The summed E-state index contributed by atoms with van der Waals surface area (Å²) >= 11 is 0. The van der Waals surface area contributed by atoms with Gasteiger partial charge in [-0.25, -0.2) is 13.2 Å². The van der Waals surface area contributed by atoms with Crippen LogP contribution >= 0.6 is 0 Å². The largest absolute Gasteiger partial charge is 0.464 e. The van der Waals surface area contributed by atoms with Crippen molar-refractivity contribution in [3.05, 3.63) is 29.8 Å². The summed E-state index contributed by atoms with van der Waals surface area (Å²) in [5, 5.41) is 9.94. The number of carbonyl (C=O) groups is 2. The lowest BCUT2D eigenvalue weighted by Gasteiger charge is -2.23. The third-order valence-corrected chi connectivity index (χ3v) is 6.78. The Balaban J connectivity index is 1.91. The molecule has 10 heteroatoms. The molecular weight excluding hydrogens is 359 g/mol. The highest BCUT2D eigenvalue weighted by atomic mass is 32.2. The second-order valence-corrected chi connectivity index (χ2v) is 8.53. The van der Waals surface area contributed by atoms with Crippen LogP contribution in [0.25, 0.3) is 0 Å².